The van der Waals surface area contributed by atoms with Crippen molar-refractivity contribution in [3.8, 4) is 0 Å². The third-order valence-corrected chi connectivity index (χ3v) is 6.94. The first-order chi connectivity index (χ1) is 12.5. The molecule has 3 nitrogen and oxygen atoms in total. The predicted molar refractivity (Wildman–Crippen MR) is 119 cm³/mol. The molecule has 0 saturated carbocycles. The van der Waals surface area contributed by atoms with Crippen molar-refractivity contribution in [1.29, 1.82) is 0 Å². The van der Waals surface area contributed by atoms with E-state index < -0.39 is 0 Å². The molecule has 0 spiro atoms. The number of nitrogens with zero attached hydrogens (tertiary/aromatic N) is 2. The quantitative estimate of drug-likeness (QED) is 0.434. The highest BCUT2D eigenvalue weighted by molar-refractivity contribution is 8.00. The Labute approximate surface area is 164 Å². The minimum absolute atomic E-state index is 0.414. The Morgan fingerprint density at radius 1 is 1.15 bits per heavy atom. The number of H-pyrrole nitrogens is 1. The number of aromatic amines is 1. The number of nitrogens with one attached hydrogen (secondary N) is 1. The Bertz CT molecular complexity index is 666. The van der Waals surface area contributed by atoms with Crippen molar-refractivity contribution in [2.24, 2.45) is 0 Å². The molecule has 0 amide bonds. The van der Waals surface area contributed by atoms with E-state index in [-0.39, 0.29) is 0 Å². The van der Waals surface area contributed by atoms with Gasteiger partial charge in [0, 0.05) is 24.1 Å². The highest BCUT2D eigenvalue weighted by Crippen LogP contribution is 2.33. The minimum Gasteiger partial charge on any atom is -0.345 e. The van der Waals surface area contributed by atoms with Gasteiger partial charge >= 0.3 is 0 Å². The van der Waals surface area contributed by atoms with Gasteiger partial charge in [0.05, 0.1) is 11.0 Å². The molecule has 0 aliphatic carbocycles. The molecule has 0 saturated heterocycles. The summed E-state index contributed by atoms with van der Waals surface area (Å²) in [5.41, 5.74) is 3.65. The zero-order valence-corrected chi connectivity index (χ0v) is 18.2. The highest BCUT2D eigenvalue weighted by atomic mass is 32.2. The van der Waals surface area contributed by atoms with E-state index in [0.29, 0.717) is 4.75 Å². The maximum absolute atomic E-state index is 4.78. The van der Waals surface area contributed by atoms with Crippen LogP contribution in [0.2, 0.25) is 0 Å². The first kappa shape index (κ1) is 21.1. The molecule has 0 fully saturated rings. The van der Waals surface area contributed by atoms with Crippen LogP contribution in [0.25, 0.3) is 11.0 Å². The summed E-state index contributed by atoms with van der Waals surface area (Å²) in [7, 11) is 2.14. The van der Waals surface area contributed by atoms with E-state index in [4.69, 9.17) is 4.98 Å². The van der Waals surface area contributed by atoms with Gasteiger partial charge in [0.25, 0.3) is 0 Å². The fourth-order valence-corrected chi connectivity index (χ4v) is 4.78. The van der Waals surface area contributed by atoms with Crippen LogP contribution in [0.3, 0.4) is 0 Å². The van der Waals surface area contributed by atoms with E-state index in [9.17, 15) is 0 Å². The fraction of sp³-hybridized carbons (Fsp3) is 0.682. The number of aryl methyl sites for hydroxylation is 1. The molecule has 1 aromatic carbocycles. The summed E-state index contributed by atoms with van der Waals surface area (Å²) in [6.07, 6.45) is 8.81. The Kier molecular flexibility index (Phi) is 8.33. The zero-order valence-electron chi connectivity index (χ0n) is 17.4. The standard InChI is InChI=1S/C22H37N3S/c1-6-9-10-11-18-12-13-19-20(17-18)24-21(23-19)25(5)15-16-26-22(4,8-3)14-7-2/h12-13,17H,6-11,14-16H2,1-5H3,(H,23,24). The van der Waals surface area contributed by atoms with E-state index in [2.05, 4.69) is 74.6 Å². The Balaban J connectivity index is 1.94. The summed E-state index contributed by atoms with van der Waals surface area (Å²) in [4.78, 5) is 10.6. The van der Waals surface area contributed by atoms with Crippen molar-refractivity contribution in [2.45, 2.75) is 77.4 Å². The van der Waals surface area contributed by atoms with Crippen molar-refractivity contribution in [2.75, 3.05) is 24.2 Å². The first-order valence-electron chi connectivity index (χ1n) is 10.3. The van der Waals surface area contributed by atoms with E-state index in [1.54, 1.807) is 0 Å². The molecule has 2 rings (SSSR count). The van der Waals surface area contributed by atoms with Crippen molar-refractivity contribution >= 4 is 28.7 Å². The van der Waals surface area contributed by atoms with Gasteiger partial charge in [0.15, 0.2) is 0 Å². The van der Waals surface area contributed by atoms with E-state index in [1.807, 2.05) is 0 Å². The van der Waals surface area contributed by atoms with E-state index in [1.165, 1.54) is 44.1 Å². The summed E-state index contributed by atoms with van der Waals surface area (Å²) in [6.45, 7) is 10.3. The first-order valence-corrected chi connectivity index (χ1v) is 11.3. The average Bonchev–Trinajstić information content (AvgIpc) is 3.05. The monoisotopic (exact) mass is 375 g/mol. The second-order valence-corrected chi connectivity index (χ2v) is 9.38. The SMILES string of the molecule is CCCCCc1ccc2nc(N(C)CCSC(C)(CC)CCC)[nH]c2c1. The normalized spacial score (nSPS) is 13.9. The average molecular weight is 376 g/mol. The van der Waals surface area contributed by atoms with Gasteiger partial charge in [-0.25, -0.2) is 4.98 Å². The smallest absolute Gasteiger partial charge is 0.203 e. The second kappa shape index (κ2) is 10.2. The molecule has 1 N–H and O–H groups in total. The van der Waals surface area contributed by atoms with Gasteiger partial charge in [-0.15, -0.1) is 0 Å². The van der Waals surface area contributed by atoms with Gasteiger partial charge in [0.2, 0.25) is 5.95 Å². The summed E-state index contributed by atoms with van der Waals surface area (Å²) in [6, 6.07) is 6.67. The summed E-state index contributed by atoms with van der Waals surface area (Å²) in [5, 5.41) is 0. The van der Waals surface area contributed by atoms with Crippen LogP contribution >= 0.6 is 11.8 Å². The Morgan fingerprint density at radius 2 is 1.96 bits per heavy atom. The molecular formula is C22H37N3S. The molecule has 1 aromatic heterocycles. The van der Waals surface area contributed by atoms with Crippen molar-refractivity contribution < 1.29 is 0 Å². The number of unbranched alkanes of at least 4 members (excludes halogenated alkanes) is 2. The van der Waals surface area contributed by atoms with Gasteiger partial charge < -0.3 is 9.88 Å². The summed E-state index contributed by atoms with van der Waals surface area (Å²) < 4.78 is 0.414. The topological polar surface area (TPSA) is 31.9 Å². The van der Waals surface area contributed by atoms with Gasteiger partial charge in [-0.3, -0.25) is 0 Å². The number of rotatable bonds is 12. The van der Waals surface area contributed by atoms with Crippen LogP contribution in [-0.4, -0.2) is 34.1 Å². The Hall–Kier alpha value is -1.16. The highest BCUT2D eigenvalue weighted by Gasteiger charge is 2.21. The van der Waals surface area contributed by atoms with Crippen LogP contribution in [0.4, 0.5) is 5.95 Å². The van der Waals surface area contributed by atoms with Crippen LogP contribution in [-0.2, 0) is 6.42 Å². The fourth-order valence-electron chi connectivity index (χ4n) is 3.37. The maximum atomic E-state index is 4.78. The zero-order chi connectivity index (χ0) is 19.0. The van der Waals surface area contributed by atoms with Gasteiger partial charge in [-0.2, -0.15) is 11.8 Å². The number of hydrogen-bond donors (Lipinski definition) is 1. The third kappa shape index (κ3) is 5.94. The summed E-state index contributed by atoms with van der Waals surface area (Å²) >= 11 is 2.11. The van der Waals surface area contributed by atoms with Crippen molar-refractivity contribution in [3.63, 3.8) is 0 Å². The molecule has 0 aliphatic heterocycles. The number of benzene rings is 1. The largest absolute Gasteiger partial charge is 0.345 e. The number of anilines is 1. The molecule has 0 radical (unpaired) electrons. The number of fused-ring (bicyclic) bond motifs is 1. The molecule has 146 valence electrons. The molecule has 2 aromatic rings. The molecule has 1 unspecified atom stereocenters. The molecule has 4 heteroatoms. The molecule has 0 aliphatic rings. The van der Waals surface area contributed by atoms with Crippen molar-refractivity contribution in [1.82, 2.24) is 9.97 Å². The lowest BCUT2D eigenvalue weighted by Gasteiger charge is -2.28. The molecule has 26 heavy (non-hydrogen) atoms. The summed E-state index contributed by atoms with van der Waals surface area (Å²) in [5.74, 6) is 2.13. The van der Waals surface area contributed by atoms with E-state index >= 15 is 0 Å². The molecule has 0 bridgehead atoms. The van der Waals surface area contributed by atoms with Gasteiger partial charge in [-0.1, -0.05) is 53.0 Å². The lowest BCUT2D eigenvalue weighted by Crippen LogP contribution is -2.25. The number of imidazole rings is 1. The molecule has 1 heterocycles. The Morgan fingerprint density at radius 3 is 2.65 bits per heavy atom. The minimum atomic E-state index is 0.414. The van der Waals surface area contributed by atoms with Crippen LogP contribution in [0, 0.1) is 0 Å². The number of hydrogen-bond acceptors (Lipinski definition) is 3. The predicted octanol–water partition coefficient (Wildman–Crippen LogP) is 6.43. The lowest BCUT2D eigenvalue weighted by atomic mass is 10.0. The maximum Gasteiger partial charge on any atom is 0.203 e. The third-order valence-electron chi connectivity index (χ3n) is 5.37. The second-order valence-electron chi connectivity index (χ2n) is 7.69. The molecule has 1 atom stereocenters. The van der Waals surface area contributed by atoms with Crippen LogP contribution in [0.5, 0.6) is 0 Å². The van der Waals surface area contributed by atoms with Crippen molar-refractivity contribution in [3.05, 3.63) is 23.8 Å². The number of thioether (sulfide) groups is 1. The molecular weight excluding hydrogens is 338 g/mol. The number of aromatic nitrogens is 2. The van der Waals surface area contributed by atoms with Gasteiger partial charge in [-0.05, 0) is 43.4 Å². The van der Waals surface area contributed by atoms with Crippen LogP contribution in [0.1, 0.15) is 71.8 Å². The van der Waals surface area contributed by atoms with Crippen LogP contribution in [0.15, 0.2) is 18.2 Å². The van der Waals surface area contributed by atoms with Crippen LogP contribution < -0.4 is 4.90 Å². The van der Waals surface area contributed by atoms with Gasteiger partial charge in [0.1, 0.15) is 0 Å². The lowest BCUT2D eigenvalue weighted by molar-refractivity contribution is 0.559. The van der Waals surface area contributed by atoms with E-state index in [0.717, 1.165) is 35.7 Å².